The van der Waals surface area contributed by atoms with Gasteiger partial charge in [0.15, 0.2) is 5.76 Å². The molecule has 12 heteroatoms. The summed E-state index contributed by atoms with van der Waals surface area (Å²) in [7, 11) is -3.93. The molecule has 3 aromatic rings. The molecule has 31 heavy (non-hydrogen) atoms. The van der Waals surface area contributed by atoms with Gasteiger partial charge in [-0.2, -0.15) is 22.6 Å². The molecular weight excluding hydrogens is 437 g/mol. The quantitative estimate of drug-likeness (QED) is 0.651. The number of nitrogens with one attached hydrogen (secondary N) is 1. The molecule has 8 nitrogen and oxygen atoms in total. The first-order valence-electron chi connectivity index (χ1n) is 9.23. The van der Waals surface area contributed by atoms with E-state index in [0.29, 0.717) is 5.69 Å². The number of rotatable bonds is 4. The molecule has 0 amide bonds. The van der Waals surface area contributed by atoms with Crippen LogP contribution in [0.25, 0.3) is 11.5 Å². The van der Waals surface area contributed by atoms with Crippen molar-refractivity contribution in [2.45, 2.75) is 11.3 Å². The van der Waals surface area contributed by atoms with Gasteiger partial charge in [0, 0.05) is 37.9 Å². The van der Waals surface area contributed by atoms with Crippen molar-refractivity contribution >= 4 is 15.7 Å². The van der Waals surface area contributed by atoms with Crippen molar-refractivity contribution < 1.29 is 26.0 Å². The van der Waals surface area contributed by atoms with Gasteiger partial charge in [0.05, 0.1) is 5.56 Å². The second kappa shape index (κ2) is 7.85. The number of H-pyrrole nitrogens is 1. The van der Waals surface area contributed by atoms with Gasteiger partial charge in [0.1, 0.15) is 5.69 Å². The summed E-state index contributed by atoms with van der Waals surface area (Å²) in [6, 6.07) is 10.3. The number of aromatic amines is 1. The Morgan fingerprint density at radius 3 is 2.39 bits per heavy atom. The van der Waals surface area contributed by atoms with Crippen LogP contribution in [-0.4, -0.2) is 49.1 Å². The second-order valence-electron chi connectivity index (χ2n) is 6.86. The van der Waals surface area contributed by atoms with Crippen LogP contribution < -0.4 is 10.5 Å². The maximum absolute atomic E-state index is 12.9. The molecule has 1 saturated heterocycles. The molecule has 4 rings (SSSR count). The zero-order valence-electron chi connectivity index (χ0n) is 16.0. The molecule has 164 valence electrons. The number of furan rings is 1. The predicted octanol–water partition coefficient (Wildman–Crippen LogP) is 2.56. The Balaban J connectivity index is 1.47. The Morgan fingerprint density at radius 2 is 1.74 bits per heavy atom. The van der Waals surface area contributed by atoms with Crippen LogP contribution in [0.1, 0.15) is 5.56 Å². The van der Waals surface area contributed by atoms with E-state index >= 15 is 0 Å². The first-order valence-corrected chi connectivity index (χ1v) is 10.7. The standard InChI is InChI=1S/C19H17F3N4O4S/c20-19(21,22)13-2-1-3-14(12-13)25-8-10-26(11-9-25)31(28,29)18-7-5-16(30-18)15-4-6-17(27)24-23-15/h1-7,12H,8-11H2,(H,24,27). The van der Waals surface area contributed by atoms with Gasteiger partial charge in [-0.3, -0.25) is 4.79 Å². The minimum atomic E-state index is -4.45. The summed E-state index contributed by atoms with van der Waals surface area (Å²) in [5, 5.41) is 5.76. The molecule has 0 unspecified atom stereocenters. The van der Waals surface area contributed by atoms with Crippen LogP contribution in [0.5, 0.6) is 0 Å². The van der Waals surface area contributed by atoms with E-state index < -0.39 is 27.3 Å². The highest BCUT2D eigenvalue weighted by atomic mass is 32.2. The molecule has 3 heterocycles. The van der Waals surface area contributed by atoms with Crippen molar-refractivity contribution in [3.63, 3.8) is 0 Å². The third kappa shape index (κ3) is 4.35. The lowest BCUT2D eigenvalue weighted by atomic mass is 10.1. The lowest BCUT2D eigenvalue weighted by Crippen LogP contribution is -2.48. The van der Waals surface area contributed by atoms with E-state index in [1.807, 2.05) is 0 Å². The maximum atomic E-state index is 12.9. The Bertz CT molecular complexity index is 1220. The average molecular weight is 454 g/mol. The van der Waals surface area contributed by atoms with Gasteiger partial charge in [0.25, 0.3) is 15.6 Å². The first-order chi connectivity index (χ1) is 14.6. The topological polar surface area (TPSA) is 99.5 Å². The largest absolute Gasteiger partial charge is 0.442 e. The van der Waals surface area contributed by atoms with E-state index in [1.165, 1.54) is 34.6 Å². The fraction of sp³-hybridized carbons (Fsp3) is 0.263. The molecule has 0 radical (unpaired) electrons. The molecule has 0 aliphatic carbocycles. The van der Waals surface area contributed by atoms with Crippen LogP contribution in [0, 0.1) is 0 Å². The number of piperazine rings is 1. The summed E-state index contributed by atoms with van der Waals surface area (Å²) in [5.74, 6) is 0.178. The van der Waals surface area contributed by atoms with Gasteiger partial charge in [-0.25, -0.2) is 13.5 Å². The first kappa shape index (κ1) is 21.1. The lowest BCUT2D eigenvalue weighted by molar-refractivity contribution is -0.137. The molecule has 0 atom stereocenters. The molecule has 2 aromatic heterocycles. The summed E-state index contributed by atoms with van der Waals surface area (Å²) in [5.41, 5.74) is -0.493. The van der Waals surface area contributed by atoms with Crippen LogP contribution in [0.2, 0.25) is 0 Å². The number of hydrogen-bond donors (Lipinski definition) is 1. The summed E-state index contributed by atoms with van der Waals surface area (Å²) < 4.78 is 71.3. The lowest BCUT2D eigenvalue weighted by Gasteiger charge is -2.35. The highest BCUT2D eigenvalue weighted by Crippen LogP contribution is 2.32. The van der Waals surface area contributed by atoms with Crippen molar-refractivity contribution in [2.75, 3.05) is 31.1 Å². The number of hydrogen-bond acceptors (Lipinski definition) is 6. The molecule has 1 N–H and O–H groups in total. The molecule has 1 fully saturated rings. The van der Waals surface area contributed by atoms with Gasteiger partial charge in [-0.1, -0.05) is 6.07 Å². The number of sulfonamides is 1. The fourth-order valence-corrected chi connectivity index (χ4v) is 4.60. The Hall–Kier alpha value is -3.12. The number of anilines is 1. The van der Waals surface area contributed by atoms with Crippen molar-refractivity contribution in [3.8, 4) is 11.5 Å². The highest BCUT2D eigenvalue weighted by Gasteiger charge is 2.33. The minimum absolute atomic E-state index is 0.0888. The number of benzene rings is 1. The smallest absolute Gasteiger partial charge is 0.416 e. The number of alkyl halides is 3. The molecule has 1 aliphatic rings. The monoisotopic (exact) mass is 454 g/mol. The zero-order valence-corrected chi connectivity index (χ0v) is 16.8. The second-order valence-corrected chi connectivity index (χ2v) is 8.73. The summed E-state index contributed by atoms with van der Waals surface area (Å²) >= 11 is 0. The van der Waals surface area contributed by atoms with Crippen molar-refractivity contribution in [2.24, 2.45) is 0 Å². The fourth-order valence-electron chi connectivity index (χ4n) is 3.27. The van der Waals surface area contributed by atoms with Crippen molar-refractivity contribution in [1.82, 2.24) is 14.5 Å². The van der Waals surface area contributed by atoms with Crippen LogP contribution in [0.3, 0.4) is 0 Å². The Kier molecular flexibility index (Phi) is 5.35. The Labute approximate surface area is 175 Å². The van der Waals surface area contributed by atoms with Crippen molar-refractivity contribution in [1.29, 1.82) is 0 Å². The molecule has 1 aliphatic heterocycles. The third-order valence-corrected chi connectivity index (χ3v) is 6.66. The molecular formula is C19H17F3N4O4S. The SMILES string of the molecule is O=c1ccc(-c2ccc(S(=O)(=O)N3CCN(c4cccc(C(F)(F)F)c4)CC3)o2)n[nH]1. The number of halogens is 3. The Morgan fingerprint density at radius 1 is 1.00 bits per heavy atom. The van der Waals surface area contributed by atoms with Gasteiger partial charge in [-0.15, -0.1) is 0 Å². The minimum Gasteiger partial charge on any atom is -0.442 e. The summed E-state index contributed by atoms with van der Waals surface area (Å²) in [6.45, 7) is 0.641. The van der Waals surface area contributed by atoms with E-state index in [1.54, 1.807) is 11.0 Å². The predicted molar refractivity (Wildman–Crippen MR) is 105 cm³/mol. The van der Waals surface area contributed by atoms with E-state index in [0.717, 1.165) is 12.1 Å². The third-order valence-electron chi connectivity index (χ3n) is 4.88. The van der Waals surface area contributed by atoms with Crippen LogP contribution in [0.15, 0.2) is 62.8 Å². The number of nitrogens with zero attached hydrogens (tertiary/aromatic N) is 3. The van der Waals surface area contributed by atoms with E-state index in [4.69, 9.17) is 4.42 Å². The number of aromatic nitrogens is 2. The molecule has 1 aromatic carbocycles. The van der Waals surface area contributed by atoms with Crippen LogP contribution in [0.4, 0.5) is 18.9 Å². The highest BCUT2D eigenvalue weighted by molar-refractivity contribution is 7.89. The maximum Gasteiger partial charge on any atom is 0.416 e. The van der Waals surface area contributed by atoms with Gasteiger partial charge < -0.3 is 9.32 Å². The van der Waals surface area contributed by atoms with Crippen molar-refractivity contribution in [3.05, 3.63) is 64.4 Å². The van der Waals surface area contributed by atoms with E-state index in [2.05, 4.69) is 10.2 Å². The summed E-state index contributed by atoms with van der Waals surface area (Å²) in [4.78, 5) is 12.8. The molecule has 0 saturated carbocycles. The van der Waals surface area contributed by atoms with Gasteiger partial charge in [-0.05, 0) is 36.4 Å². The zero-order chi connectivity index (χ0) is 22.2. The normalized spacial score (nSPS) is 15.9. The van der Waals surface area contributed by atoms with E-state index in [9.17, 15) is 26.4 Å². The van der Waals surface area contributed by atoms with Gasteiger partial charge >= 0.3 is 6.18 Å². The van der Waals surface area contributed by atoms with Gasteiger partial charge in [0.2, 0.25) is 5.09 Å². The van der Waals surface area contributed by atoms with E-state index in [-0.39, 0.29) is 42.7 Å². The molecule has 0 spiro atoms. The van der Waals surface area contributed by atoms with Crippen LogP contribution in [-0.2, 0) is 16.2 Å². The van der Waals surface area contributed by atoms with Crippen LogP contribution >= 0.6 is 0 Å². The molecule has 0 bridgehead atoms. The summed E-state index contributed by atoms with van der Waals surface area (Å²) in [6.07, 6.45) is -4.45. The average Bonchev–Trinajstić information content (AvgIpc) is 3.25.